The number of amides is 2. The summed E-state index contributed by atoms with van der Waals surface area (Å²) in [4.78, 5) is 13.9. The highest BCUT2D eigenvalue weighted by molar-refractivity contribution is 6.30. The summed E-state index contributed by atoms with van der Waals surface area (Å²) in [5.74, 6) is 0. The van der Waals surface area contributed by atoms with Crippen molar-refractivity contribution in [2.45, 2.75) is 26.0 Å². The van der Waals surface area contributed by atoms with Gasteiger partial charge in [-0.25, -0.2) is 4.79 Å². The zero-order chi connectivity index (χ0) is 15.8. The van der Waals surface area contributed by atoms with Gasteiger partial charge in [-0.3, -0.25) is 0 Å². The van der Waals surface area contributed by atoms with Crippen LogP contribution >= 0.6 is 11.6 Å². The number of nitrogens with zero attached hydrogens (tertiary/aromatic N) is 1. The number of ether oxygens (including phenoxy) is 2. The number of halogens is 1. The lowest BCUT2D eigenvalue weighted by molar-refractivity contribution is 0.119. The molecule has 1 aliphatic heterocycles. The van der Waals surface area contributed by atoms with Gasteiger partial charge in [-0.05, 0) is 31.0 Å². The minimum Gasteiger partial charge on any atom is -0.380 e. The van der Waals surface area contributed by atoms with E-state index in [1.54, 1.807) is 0 Å². The van der Waals surface area contributed by atoms with Crippen LogP contribution in [-0.2, 0) is 16.1 Å². The highest BCUT2D eigenvalue weighted by Gasteiger charge is 2.21. The third-order valence-corrected chi connectivity index (χ3v) is 3.91. The van der Waals surface area contributed by atoms with E-state index in [2.05, 4.69) is 5.32 Å². The Bertz CT molecular complexity index is 467. The average Bonchev–Trinajstić information content (AvgIpc) is 2.73. The lowest BCUT2D eigenvalue weighted by atomic mass is 10.2. The summed E-state index contributed by atoms with van der Waals surface area (Å²) in [7, 11) is 0. The fourth-order valence-electron chi connectivity index (χ4n) is 2.30. The van der Waals surface area contributed by atoms with Crippen LogP contribution in [0.1, 0.15) is 18.9 Å². The van der Waals surface area contributed by atoms with Crippen molar-refractivity contribution >= 4 is 17.6 Å². The lowest BCUT2D eigenvalue weighted by Gasteiger charge is -2.26. The molecule has 1 heterocycles. The molecule has 0 radical (unpaired) electrons. The average molecular weight is 327 g/mol. The molecule has 0 aliphatic carbocycles. The summed E-state index contributed by atoms with van der Waals surface area (Å²) >= 11 is 5.83. The van der Waals surface area contributed by atoms with E-state index >= 15 is 0 Å². The Kier molecular flexibility index (Phi) is 6.96. The van der Waals surface area contributed by atoms with Crippen LogP contribution in [0, 0.1) is 0 Å². The Morgan fingerprint density at radius 2 is 2.18 bits per heavy atom. The molecule has 1 aromatic rings. The molecule has 0 spiro atoms. The van der Waals surface area contributed by atoms with Gasteiger partial charge in [0.15, 0.2) is 0 Å². The van der Waals surface area contributed by atoms with Crippen LogP contribution in [0.15, 0.2) is 24.3 Å². The number of urea groups is 1. The van der Waals surface area contributed by atoms with Crippen LogP contribution in [0.2, 0.25) is 5.02 Å². The first kappa shape index (κ1) is 17.1. The summed E-state index contributed by atoms with van der Waals surface area (Å²) < 4.78 is 10.9. The molecule has 1 aromatic carbocycles. The smallest absolute Gasteiger partial charge is 0.317 e. The van der Waals surface area contributed by atoms with Crippen molar-refractivity contribution in [3.8, 4) is 0 Å². The number of hydrogen-bond acceptors (Lipinski definition) is 3. The molecule has 0 aromatic heterocycles. The largest absolute Gasteiger partial charge is 0.380 e. The second-order valence-corrected chi connectivity index (χ2v) is 5.79. The highest BCUT2D eigenvalue weighted by Crippen LogP contribution is 2.10. The number of hydrogen-bond donors (Lipinski definition) is 1. The first-order chi connectivity index (χ1) is 10.7. The number of rotatable bonds is 5. The Morgan fingerprint density at radius 3 is 2.95 bits per heavy atom. The molecule has 6 heteroatoms. The standard InChI is InChI=1S/C16H23ClN2O3/c1-13-6-9-21-11-8-19(13)16(20)18-7-10-22-12-14-2-4-15(17)5-3-14/h2-5,13H,6-12H2,1H3,(H,18,20)/t13-/m1/s1. The van der Waals surface area contributed by atoms with E-state index in [-0.39, 0.29) is 12.1 Å². The third-order valence-electron chi connectivity index (χ3n) is 3.65. The zero-order valence-corrected chi connectivity index (χ0v) is 13.6. The molecule has 1 aliphatic rings. The second kappa shape index (κ2) is 8.98. The Morgan fingerprint density at radius 1 is 1.41 bits per heavy atom. The fraction of sp³-hybridized carbons (Fsp3) is 0.562. The first-order valence-electron chi connectivity index (χ1n) is 7.61. The minimum absolute atomic E-state index is 0.0481. The van der Waals surface area contributed by atoms with Crippen LogP contribution in [-0.4, -0.2) is 49.9 Å². The molecule has 1 atom stereocenters. The van der Waals surface area contributed by atoms with Gasteiger partial charge in [-0.1, -0.05) is 23.7 Å². The molecule has 0 bridgehead atoms. The van der Waals surface area contributed by atoms with E-state index in [4.69, 9.17) is 21.1 Å². The molecule has 1 N–H and O–H groups in total. The maximum atomic E-state index is 12.1. The number of carbonyl (C=O) groups excluding carboxylic acids is 1. The van der Waals surface area contributed by atoms with Gasteiger partial charge in [-0.2, -0.15) is 0 Å². The highest BCUT2D eigenvalue weighted by atomic mass is 35.5. The van der Waals surface area contributed by atoms with E-state index in [1.807, 2.05) is 36.1 Å². The van der Waals surface area contributed by atoms with Gasteiger partial charge in [0.05, 0.1) is 19.8 Å². The van der Waals surface area contributed by atoms with Crippen LogP contribution in [0.3, 0.4) is 0 Å². The Balaban J connectivity index is 1.63. The maximum absolute atomic E-state index is 12.1. The van der Waals surface area contributed by atoms with Crippen LogP contribution < -0.4 is 5.32 Å². The third kappa shape index (κ3) is 5.48. The zero-order valence-electron chi connectivity index (χ0n) is 12.9. The van der Waals surface area contributed by atoms with Gasteiger partial charge in [0, 0.05) is 30.8 Å². The first-order valence-corrected chi connectivity index (χ1v) is 7.99. The Labute approximate surface area is 136 Å². The molecule has 122 valence electrons. The van der Waals surface area contributed by atoms with Crippen molar-refractivity contribution in [3.63, 3.8) is 0 Å². The molecule has 0 unspecified atom stereocenters. The van der Waals surface area contributed by atoms with Gasteiger partial charge >= 0.3 is 6.03 Å². The lowest BCUT2D eigenvalue weighted by Crippen LogP contribution is -2.46. The van der Waals surface area contributed by atoms with Gasteiger partial charge in [-0.15, -0.1) is 0 Å². The van der Waals surface area contributed by atoms with Gasteiger partial charge < -0.3 is 19.7 Å². The fourth-order valence-corrected chi connectivity index (χ4v) is 2.43. The predicted molar refractivity (Wildman–Crippen MR) is 86.1 cm³/mol. The summed E-state index contributed by atoms with van der Waals surface area (Å²) in [6, 6.07) is 7.69. The Hall–Kier alpha value is -1.30. The molecule has 5 nitrogen and oxygen atoms in total. The van der Waals surface area contributed by atoms with Crippen molar-refractivity contribution < 1.29 is 14.3 Å². The summed E-state index contributed by atoms with van der Waals surface area (Å²) in [5, 5.41) is 3.61. The topological polar surface area (TPSA) is 50.8 Å². The van der Waals surface area contributed by atoms with Crippen molar-refractivity contribution in [1.29, 1.82) is 0 Å². The van der Waals surface area contributed by atoms with Crippen LogP contribution in [0.4, 0.5) is 4.79 Å². The van der Waals surface area contributed by atoms with Crippen molar-refractivity contribution in [2.24, 2.45) is 0 Å². The van der Waals surface area contributed by atoms with E-state index in [0.717, 1.165) is 18.6 Å². The van der Waals surface area contributed by atoms with Crippen molar-refractivity contribution in [2.75, 3.05) is 32.9 Å². The predicted octanol–water partition coefficient (Wildman–Crippen LogP) is 2.68. The molecule has 1 fully saturated rings. The number of nitrogens with one attached hydrogen (secondary N) is 1. The molecule has 1 saturated heterocycles. The maximum Gasteiger partial charge on any atom is 0.317 e. The van der Waals surface area contributed by atoms with Gasteiger partial charge in [0.25, 0.3) is 0 Å². The molecule has 0 saturated carbocycles. The van der Waals surface area contributed by atoms with E-state index in [9.17, 15) is 4.79 Å². The number of benzene rings is 1. The minimum atomic E-state index is -0.0481. The van der Waals surface area contributed by atoms with E-state index in [1.165, 1.54) is 0 Å². The number of carbonyl (C=O) groups is 1. The quantitative estimate of drug-likeness (QED) is 0.846. The van der Waals surface area contributed by atoms with Gasteiger partial charge in [0.1, 0.15) is 0 Å². The van der Waals surface area contributed by atoms with Gasteiger partial charge in [0.2, 0.25) is 0 Å². The summed E-state index contributed by atoms with van der Waals surface area (Å²) in [6.07, 6.45) is 0.875. The summed E-state index contributed by atoms with van der Waals surface area (Å²) in [5.41, 5.74) is 1.06. The molecule has 2 amide bonds. The SMILES string of the molecule is C[C@@H]1CCOCCN1C(=O)NCCOCc1ccc(Cl)cc1. The van der Waals surface area contributed by atoms with Crippen molar-refractivity contribution in [1.82, 2.24) is 10.2 Å². The van der Waals surface area contributed by atoms with E-state index < -0.39 is 0 Å². The molecular weight excluding hydrogens is 304 g/mol. The summed E-state index contributed by atoms with van der Waals surface area (Å²) in [6.45, 7) is 5.49. The van der Waals surface area contributed by atoms with Crippen molar-refractivity contribution in [3.05, 3.63) is 34.9 Å². The van der Waals surface area contributed by atoms with Crippen LogP contribution in [0.5, 0.6) is 0 Å². The monoisotopic (exact) mass is 326 g/mol. The molecule has 22 heavy (non-hydrogen) atoms. The molecule has 2 rings (SSSR count). The second-order valence-electron chi connectivity index (χ2n) is 5.35. The normalized spacial score (nSPS) is 18.8. The van der Waals surface area contributed by atoms with E-state index in [0.29, 0.717) is 37.9 Å². The molecular formula is C16H23ClN2O3. The van der Waals surface area contributed by atoms with Crippen LogP contribution in [0.25, 0.3) is 0 Å².